The molecule has 0 aromatic heterocycles. The summed E-state index contributed by atoms with van der Waals surface area (Å²) in [5.74, 6) is 0.683. The summed E-state index contributed by atoms with van der Waals surface area (Å²) in [6, 6.07) is 9.86. The zero-order valence-electron chi connectivity index (χ0n) is 16.3. The van der Waals surface area contributed by atoms with Crippen molar-refractivity contribution in [3.63, 3.8) is 0 Å². The number of hydrogen-bond donors (Lipinski definition) is 1. The molecule has 1 atom stereocenters. The van der Waals surface area contributed by atoms with Crippen LogP contribution in [-0.4, -0.2) is 49.8 Å². The molecule has 30 heavy (non-hydrogen) atoms. The molecule has 1 unspecified atom stereocenters. The van der Waals surface area contributed by atoms with Crippen molar-refractivity contribution >= 4 is 11.4 Å². The van der Waals surface area contributed by atoms with Crippen LogP contribution in [0.5, 0.6) is 5.75 Å². The molecule has 10 heteroatoms. The van der Waals surface area contributed by atoms with Gasteiger partial charge in [-0.2, -0.15) is 13.2 Å². The van der Waals surface area contributed by atoms with Gasteiger partial charge in [0.1, 0.15) is 5.75 Å². The highest BCUT2D eigenvalue weighted by atomic mass is 19.4. The summed E-state index contributed by atoms with van der Waals surface area (Å²) in [7, 11) is 1.56. The Morgan fingerprint density at radius 1 is 1.20 bits per heavy atom. The van der Waals surface area contributed by atoms with E-state index in [1.54, 1.807) is 19.2 Å². The van der Waals surface area contributed by atoms with Gasteiger partial charge in [0.25, 0.3) is 5.69 Å². The van der Waals surface area contributed by atoms with Crippen LogP contribution in [0.2, 0.25) is 0 Å². The van der Waals surface area contributed by atoms with Crippen LogP contribution in [0.4, 0.5) is 24.5 Å². The summed E-state index contributed by atoms with van der Waals surface area (Å²) in [6.45, 7) is 2.55. The molecule has 3 rings (SSSR count). The average molecular weight is 425 g/mol. The maximum absolute atomic E-state index is 13.5. The molecule has 1 heterocycles. The van der Waals surface area contributed by atoms with Crippen molar-refractivity contribution in [1.29, 1.82) is 0 Å². The van der Waals surface area contributed by atoms with Crippen LogP contribution in [0.1, 0.15) is 17.2 Å². The lowest BCUT2D eigenvalue weighted by Crippen LogP contribution is -2.41. The van der Waals surface area contributed by atoms with Crippen molar-refractivity contribution in [3.8, 4) is 5.75 Å². The zero-order chi connectivity index (χ0) is 21.7. The third-order valence-corrected chi connectivity index (χ3v) is 4.99. The van der Waals surface area contributed by atoms with Gasteiger partial charge < -0.3 is 14.8 Å². The number of nitro benzene ring substituents is 1. The van der Waals surface area contributed by atoms with Gasteiger partial charge in [0.15, 0.2) is 0 Å². The first-order chi connectivity index (χ1) is 14.3. The van der Waals surface area contributed by atoms with E-state index in [0.29, 0.717) is 38.1 Å². The third-order valence-electron chi connectivity index (χ3n) is 4.99. The maximum Gasteiger partial charge on any atom is 0.418 e. The van der Waals surface area contributed by atoms with E-state index in [-0.39, 0.29) is 18.3 Å². The van der Waals surface area contributed by atoms with Crippen LogP contribution >= 0.6 is 0 Å². The molecular formula is C20H22F3N3O4. The number of hydrogen-bond acceptors (Lipinski definition) is 6. The number of methoxy groups -OCH3 is 1. The lowest BCUT2D eigenvalue weighted by atomic mass is 10.0. The molecule has 1 N–H and O–H groups in total. The molecule has 1 aliphatic rings. The van der Waals surface area contributed by atoms with E-state index in [0.717, 1.165) is 17.7 Å². The topological polar surface area (TPSA) is 76.9 Å². The zero-order valence-corrected chi connectivity index (χ0v) is 16.3. The van der Waals surface area contributed by atoms with Gasteiger partial charge in [-0.15, -0.1) is 0 Å². The van der Waals surface area contributed by atoms with Crippen molar-refractivity contribution < 1.29 is 27.6 Å². The number of rotatable bonds is 7. The second kappa shape index (κ2) is 9.31. The van der Waals surface area contributed by atoms with Gasteiger partial charge >= 0.3 is 6.18 Å². The summed E-state index contributed by atoms with van der Waals surface area (Å²) in [5.41, 5.74) is -0.944. The minimum Gasteiger partial charge on any atom is -0.497 e. The highest BCUT2D eigenvalue weighted by Gasteiger charge is 2.35. The Kier molecular flexibility index (Phi) is 6.78. The van der Waals surface area contributed by atoms with Crippen LogP contribution in [0.25, 0.3) is 0 Å². The standard InChI is InChI=1S/C20H22F3N3O4/c1-29-16-5-2-14(3-6-16)19(25-8-10-30-11-9-25)13-24-18-7-4-15(26(27)28)12-17(18)20(21,22)23/h2-7,12,19,24H,8-11,13H2,1H3. The molecule has 1 aliphatic heterocycles. The summed E-state index contributed by atoms with van der Waals surface area (Å²) in [5, 5.41) is 13.7. The monoisotopic (exact) mass is 425 g/mol. The Balaban J connectivity index is 1.87. The number of nitrogens with zero attached hydrogens (tertiary/aromatic N) is 2. The first-order valence-electron chi connectivity index (χ1n) is 9.35. The Morgan fingerprint density at radius 2 is 1.87 bits per heavy atom. The first-order valence-corrected chi connectivity index (χ1v) is 9.35. The minimum atomic E-state index is -4.72. The average Bonchev–Trinajstić information content (AvgIpc) is 2.74. The quantitative estimate of drug-likeness (QED) is 0.532. The molecular weight excluding hydrogens is 403 g/mol. The smallest absolute Gasteiger partial charge is 0.418 e. The van der Waals surface area contributed by atoms with Crippen molar-refractivity contribution in [1.82, 2.24) is 4.90 Å². The number of morpholine rings is 1. The first kappa shape index (κ1) is 21.8. The lowest BCUT2D eigenvalue weighted by molar-refractivity contribution is -0.385. The van der Waals surface area contributed by atoms with Gasteiger partial charge in [-0.05, 0) is 23.8 Å². The molecule has 1 fully saturated rings. The summed E-state index contributed by atoms with van der Waals surface area (Å²) in [4.78, 5) is 12.2. The molecule has 0 amide bonds. The SMILES string of the molecule is COc1ccc(C(CNc2ccc([N+](=O)[O-])cc2C(F)(F)F)N2CCOCC2)cc1. The molecule has 2 aromatic carbocycles. The highest BCUT2D eigenvalue weighted by Crippen LogP contribution is 2.37. The molecule has 0 spiro atoms. The van der Waals surface area contributed by atoms with Crippen LogP contribution in [0, 0.1) is 10.1 Å². The van der Waals surface area contributed by atoms with Crippen molar-refractivity contribution in [2.75, 3.05) is 45.3 Å². The maximum atomic E-state index is 13.5. The number of non-ortho nitro benzene ring substituents is 1. The fraction of sp³-hybridized carbons (Fsp3) is 0.400. The number of ether oxygens (including phenoxy) is 2. The minimum absolute atomic E-state index is 0.188. The van der Waals surface area contributed by atoms with E-state index in [1.165, 1.54) is 0 Å². The second-order valence-electron chi connectivity index (χ2n) is 6.80. The van der Waals surface area contributed by atoms with Crippen molar-refractivity contribution in [3.05, 3.63) is 63.7 Å². The highest BCUT2D eigenvalue weighted by molar-refractivity contribution is 5.57. The van der Waals surface area contributed by atoms with Crippen LogP contribution in [-0.2, 0) is 10.9 Å². The Bertz CT molecular complexity index is 869. The Morgan fingerprint density at radius 3 is 2.43 bits per heavy atom. The molecule has 1 saturated heterocycles. The molecule has 7 nitrogen and oxygen atoms in total. The summed E-state index contributed by atoms with van der Waals surface area (Å²) < 4.78 is 51.0. The molecule has 2 aromatic rings. The summed E-state index contributed by atoms with van der Waals surface area (Å²) in [6.07, 6.45) is -4.72. The Hall–Kier alpha value is -2.85. The number of nitrogens with one attached hydrogen (secondary N) is 1. The van der Waals surface area contributed by atoms with Gasteiger partial charge in [0, 0.05) is 37.5 Å². The number of anilines is 1. The second-order valence-corrected chi connectivity index (χ2v) is 6.80. The number of alkyl halides is 3. The number of halogens is 3. The van der Waals surface area contributed by atoms with E-state index in [9.17, 15) is 23.3 Å². The van der Waals surface area contributed by atoms with Gasteiger partial charge in [-0.1, -0.05) is 12.1 Å². The fourth-order valence-electron chi connectivity index (χ4n) is 3.41. The lowest BCUT2D eigenvalue weighted by Gasteiger charge is -2.35. The molecule has 0 saturated carbocycles. The van der Waals surface area contributed by atoms with Crippen LogP contribution in [0.15, 0.2) is 42.5 Å². The van der Waals surface area contributed by atoms with Gasteiger partial charge in [0.2, 0.25) is 0 Å². The van der Waals surface area contributed by atoms with Gasteiger partial charge in [-0.3, -0.25) is 15.0 Å². The number of benzene rings is 2. The van der Waals surface area contributed by atoms with Crippen molar-refractivity contribution in [2.45, 2.75) is 12.2 Å². The van der Waals surface area contributed by atoms with E-state index in [1.807, 2.05) is 12.1 Å². The van der Waals surface area contributed by atoms with E-state index in [2.05, 4.69) is 10.2 Å². The van der Waals surface area contributed by atoms with Crippen LogP contribution < -0.4 is 10.1 Å². The fourth-order valence-corrected chi connectivity index (χ4v) is 3.41. The molecule has 162 valence electrons. The third kappa shape index (κ3) is 5.19. The van der Waals surface area contributed by atoms with E-state index >= 15 is 0 Å². The van der Waals surface area contributed by atoms with Crippen LogP contribution in [0.3, 0.4) is 0 Å². The molecule has 0 aliphatic carbocycles. The largest absolute Gasteiger partial charge is 0.497 e. The predicted octanol–water partition coefficient (Wildman–Crippen LogP) is 4.11. The Labute approximate surface area is 171 Å². The molecule has 0 radical (unpaired) electrons. The molecule has 0 bridgehead atoms. The predicted molar refractivity (Wildman–Crippen MR) is 105 cm³/mol. The van der Waals surface area contributed by atoms with Gasteiger partial charge in [0.05, 0.1) is 36.9 Å². The van der Waals surface area contributed by atoms with Crippen molar-refractivity contribution in [2.24, 2.45) is 0 Å². The van der Waals surface area contributed by atoms with E-state index < -0.39 is 22.4 Å². The normalized spacial score (nSPS) is 16.1. The van der Waals surface area contributed by atoms with Gasteiger partial charge in [-0.25, -0.2) is 0 Å². The number of nitro groups is 1. The van der Waals surface area contributed by atoms with E-state index in [4.69, 9.17) is 9.47 Å². The summed E-state index contributed by atoms with van der Waals surface area (Å²) >= 11 is 0.